The lowest BCUT2D eigenvalue weighted by molar-refractivity contribution is 0.103. The van der Waals surface area contributed by atoms with Gasteiger partial charge in [-0.1, -0.05) is 17.7 Å². The third-order valence-corrected chi connectivity index (χ3v) is 3.41. The van der Waals surface area contributed by atoms with Crippen molar-refractivity contribution in [2.24, 2.45) is 0 Å². The Morgan fingerprint density at radius 3 is 2.80 bits per heavy atom. The molecule has 0 bridgehead atoms. The van der Waals surface area contributed by atoms with Crippen molar-refractivity contribution in [3.8, 4) is 0 Å². The van der Waals surface area contributed by atoms with Crippen LogP contribution in [0.15, 0.2) is 48.8 Å². The van der Waals surface area contributed by atoms with Gasteiger partial charge in [-0.2, -0.15) is 0 Å². The molecule has 0 saturated heterocycles. The summed E-state index contributed by atoms with van der Waals surface area (Å²) in [6.45, 7) is 1.94. The van der Waals surface area contributed by atoms with Crippen LogP contribution in [0.4, 0.5) is 0 Å². The van der Waals surface area contributed by atoms with Crippen molar-refractivity contribution in [3.63, 3.8) is 0 Å². The fourth-order valence-electron chi connectivity index (χ4n) is 2.08. The second-order valence-corrected chi connectivity index (χ2v) is 4.95. The summed E-state index contributed by atoms with van der Waals surface area (Å²) in [5, 5.41) is 1.30. The predicted octanol–water partition coefficient (Wildman–Crippen LogP) is 3.82. The first-order valence-electron chi connectivity index (χ1n) is 6.17. The average molecular weight is 283 g/mol. The van der Waals surface area contributed by atoms with Crippen molar-refractivity contribution in [2.75, 3.05) is 0 Å². The molecule has 0 N–H and O–H groups in total. The zero-order valence-electron chi connectivity index (χ0n) is 10.8. The van der Waals surface area contributed by atoms with Crippen molar-refractivity contribution in [1.82, 2.24) is 9.97 Å². The van der Waals surface area contributed by atoms with Gasteiger partial charge in [-0.05, 0) is 37.3 Å². The normalized spacial score (nSPS) is 10.7. The van der Waals surface area contributed by atoms with Crippen molar-refractivity contribution >= 4 is 28.3 Å². The minimum atomic E-state index is -0.111. The molecule has 0 aliphatic rings. The molecule has 0 fully saturated rings. The molecule has 2 heterocycles. The van der Waals surface area contributed by atoms with Crippen molar-refractivity contribution in [3.05, 3.63) is 70.6 Å². The molecule has 98 valence electrons. The summed E-state index contributed by atoms with van der Waals surface area (Å²) in [7, 11) is 0. The predicted molar refractivity (Wildman–Crippen MR) is 79.2 cm³/mol. The van der Waals surface area contributed by atoms with Gasteiger partial charge in [-0.3, -0.25) is 14.8 Å². The van der Waals surface area contributed by atoms with Gasteiger partial charge in [0.1, 0.15) is 0 Å². The summed E-state index contributed by atoms with van der Waals surface area (Å²) in [5.41, 5.74) is 2.88. The number of fused-ring (bicyclic) bond motifs is 1. The second-order valence-electron chi connectivity index (χ2n) is 4.54. The van der Waals surface area contributed by atoms with E-state index in [9.17, 15) is 4.79 Å². The summed E-state index contributed by atoms with van der Waals surface area (Å²) in [6.07, 6.45) is 3.03. The van der Waals surface area contributed by atoms with E-state index < -0.39 is 0 Å². The highest BCUT2D eigenvalue weighted by Gasteiger charge is 2.13. The molecule has 0 spiro atoms. The highest BCUT2D eigenvalue weighted by molar-refractivity contribution is 6.34. The summed E-state index contributed by atoms with van der Waals surface area (Å²) in [5.74, 6) is -0.111. The summed E-state index contributed by atoms with van der Waals surface area (Å²) in [6, 6.07) is 11.0. The molecule has 3 rings (SSSR count). The van der Waals surface area contributed by atoms with E-state index >= 15 is 0 Å². The number of aryl methyl sites for hydroxylation is 1. The molecule has 0 aliphatic carbocycles. The lowest BCUT2D eigenvalue weighted by atomic mass is 10.0. The quantitative estimate of drug-likeness (QED) is 0.671. The van der Waals surface area contributed by atoms with Crippen LogP contribution in [-0.4, -0.2) is 15.8 Å². The Bertz CT molecular complexity index is 814. The minimum absolute atomic E-state index is 0.111. The molecular formula is C16H11ClN2O. The molecule has 0 saturated carbocycles. The minimum Gasteiger partial charge on any atom is -0.289 e. The molecule has 0 amide bonds. The van der Waals surface area contributed by atoms with E-state index in [1.807, 2.05) is 31.2 Å². The standard InChI is InChI=1S/C16H11ClN2O/c1-10-2-3-11-8-12(4-5-15(11)19-10)16(20)13-6-7-18-9-14(13)17/h2-9H,1H3. The topological polar surface area (TPSA) is 42.9 Å². The molecule has 0 atom stereocenters. The van der Waals surface area contributed by atoms with E-state index in [2.05, 4.69) is 9.97 Å². The first-order valence-corrected chi connectivity index (χ1v) is 6.54. The van der Waals surface area contributed by atoms with Crippen LogP contribution in [0, 0.1) is 6.92 Å². The maximum absolute atomic E-state index is 12.4. The lowest BCUT2D eigenvalue weighted by Gasteiger charge is -2.05. The van der Waals surface area contributed by atoms with Gasteiger partial charge in [0.05, 0.1) is 10.5 Å². The van der Waals surface area contributed by atoms with Gasteiger partial charge in [-0.25, -0.2) is 0 Å². The van der Waals surface area contributed by atoms with Crippen molar-refractivity contribution < 1.29 is 4.79 Å². The maximum atomic E-state index is 12.4. The number of aromatic nitrogens is 2. The number of rotatable bonds is 2. The van der Waals surface area contributed by atoms with E-state index in [4.69, 9.17) is 11.6 Å². The van der Waals surface area contributed by atoms with Crippen LogP contribution in [0.25, 0.3) is 10.9 Å². The number of carbonyl (C=O) groups excluding carboxylic acids is 1. The summed E-state index contributed by atoms with van der Waals surface area (Å²) >= 11 is 6.01. The highest BCUT2D eigenvalue weighted by Crippen LogP contribution is 2.21. The fourth-order valence-corrected chi connectivity index (χ4v) is 2.29. The zero-order valence-corrected chi connectivity index (χ0v) is 11.6. The number of nitrogens with zero attached hydrogens (tertiary/aromatic N) is 2. The zero-order chi connectivity index (χ0) is 14.1. The van der Waals surface area contributed by atoms with Crippen molar-refractivity contribution in [2.45, 2.75) is 6.92 Å². The van der Waals surface area contributed by atoms with Gasteiger partial charge < -0.3 is 0 Å². The Kier molecular flexibility index (Phi) is 3.20. The number of benzene rings is 1. The van der Waals surface area contributed by atoms with Crippen LogP contribution >= 0.6 is 11.6 Å². The maximum Gasteiger partial charge on any atom is 0.194 e. The number of hydrogen-bond donors (Lipinski definition) is 0. The van der Waals surface area contributed by atoms with E-state index in [1.54, 1.807) is 18.3 Å². The first kappa shape index (κ1) is 12.8. The largest absolute Gasteiger partial charge is 0.289 e. The number of carbonyl (C=O) groups is 1. The van der Waals surface area contributed by atoms with E-state index in [0.717, 1.165) is 16.6 Å². The van der Waals surface area contributed by atoms with Crippen LogP contribution in [-0.2, 0) is 0 Å². The van der Waals surface area contributed by atoms with Gasteiger partial charge in [-0.15, -0.1) is 0 Å². The molecule has 3 aromatic rings. The Morgan fingerprint density at radius 1 is 1.15 bits per heavy atom. The van der Waals surface area contributed by atoms with Gasteiger partial charge in [0.25, 0.3) is 0 Å². The van der Waals surface area contributed by atoms with E-state index in [-0.39, 0.29) is 5.78 Å². The third-order valence-electron chi connectivity index (χ3n) is 3.11. The molecular weight excluding hydrogens is 272 g/mol. The Balaban J connectivity index is 2.09. The Hall–Kier alpha value is -2.26. The highest BCUT2D eigenvalue weighted by atomic mass is 35.5. The second kappa shape index (κ2) is 5.02. The Labute approximate surface area is 121 Å². The van der Waals surface area contributed by atoms with Crippen LogP contribution < -0.4 is 0 Å². The molecule has 20 heavy (non-hydrogen) atoms. The Morgan fingerprint density at radius 2 is 2.00 bits per heavy atom. The molecule has 4 heteroatoms. The number of ketones is 1. The van der Waals surface area contributed by atoms with Crippen LogP contribution in [0.2, 0.25) is 5.02 Å². The van der Waals surface area contributed by atoms with Crippen LogP contribution in [0.3, 0.4) is 0 Å². The van der Waals surface area contributed by atoms with Crippen LogP contribution in [0.5, 0.6) is 0 Å². The van der Waals surface area contributed by atoms with Crippen molar-refractivity contribution in [1.29, 1.82) is 0 Å². The smallest absolute Gasteiger partial charge is 0.194 e. The number of halogens is 1. The molecule has 0 radical (unpaired) electrons. The molecule has 2 aromatic heterocycles. The average Bonchev–Trinajstić information content (AvgIpc) is 2.46. The SMILES string of the molecule is Cc1ccc2cc(C(=O)c3ccncc3Cl)ccc2n1. The van der Waals surface area contributed by atoms with Gasteiger partial charge in [0, 0.05) is 34.6 Å². The fraction of sp³-hybridized carbons (Fsp3) is 0.0625. The summed E-state index contributed by atoms with van der Waals surface area (Å²) < 4.78 is 0. The number of hydrogen-bond acceptors (Lipinski definition) is 3. The van der Waals surface area contributed by atoms with Gasteiger partial charge in [0.2, 0.25) is 0 Å². The monoisotopic (exact) mass is 282 g/mol. The lowest BCUT2D eigenvalue weighted by Crippen LogP contribution is -2.02. The molecule has 0 unspecified atom stereocenters. The molecule has 1 aromatic carbocycles. The van der Waals surface area contributed by atoms with Gasteiger partial charge in [0.15, 0.2) is 5.78 Å². The molecule has 0 aliphatic heterocycles. The summed E-state index contributed by atoms with van der Waals surface area (Å²) in [4.78, 5) is 20.8. The third kappa shape index (κ3) is 2.28. The van der Waals surface area contributed by atoms with E-state index in [0.29, 0.717) is 16.1 Å². The van der Waals surface area contributed by atoms with Gasteiger partial charge >= 0.3 is 0 Å². The van der Waals surface area contributed by atoms with Crippen LogP contribution in [0.1, 0.15) is 21.6 Å². The first-order chi connectivity index (χ1) is 9.65. The molecule has 3 nitrogen and oxygen atoms in total. The van der Waals surface area contributed by atoms with E-state index in [1.165, 1.54) is 6.20 Å². The number of pyridine rings is 2.